The molecule has 1 aromatic carbocycles. The van der Waals surface area contributed by atoms with Gasteiger partial charge in [0.15, 0.2) is 5.13 Å². The number of hydrogen-bond acceptors (Lipinski definition) is 8. The lowest BCUT2D eigenvalue weighted by Gasteiger charge is -2.30. The quantitative estimate of drug-likeness (QED) is 0.241. The van der Waals surface area contributed by atoms with Crippen molar-refractivity contribution < 1.29 is 23.9 Å². The van der Waals surface area contributed by atoms with Crippen LogP contribution in [-0.4, -0.2) is 67.8 Å². The van der Waals surface area contributed by atoms with Gasteiger partial charge in [0, 0.05) is 30.6 Å². The number of nitrogens with zero attached hydrogens (tertiary/aromatic N) is 2. The second kappa shape index (κ2) is 13.9. The Kier molecular flexibility index (Phi) is 10.1. The fourth-order valence-corrected chi connectivity index (χ4v) is 5.47. The highest BCUT2D eigenvalue weighted by atomic mass is 32.1. The molecule has 4 rings (SSSR count). The maximum absolute atomic E-state index is 13.2. The monoisotopic (exact) mass is 553 g/mol. The standard InChI is InChI=1S/C28H35N5O5S/c1-38-22-9-7-20(8-10-22)14-24(27(37)31-21(18-34)13-19-5-2-3-6-19)32-26(36)17-29-25(35)15-23-16-30-28(39-23)33-11-4-12-33/h5,7-10,16,18,21,24H,2-4,6,11-15,17H2,1H3,(H,29,35)(H,31,37)(H,32,36)/t21-,24-/m0/s1. The highest BCUT2D eigenvalue weighted by Crippen LogP contribution is 2.26. The zero-order valence-corrected chi connectivity index (χ0v) is 22.9. The first kappa shape index (κ1) is 28.3. The number of aromatic nitrogens is 1. The van der Waals surface area contributed by atoms with Gasteiger partial charge in [0.2, 0.25) is 17.7 Å². The second-order valence-corrected chi connectivity index (χ2v) is 10.9. The molecule has 2 atom stereocenters. The van der Waals surface area contributed by atoms with Gasteiger partial charge in [-0.3, -0.25) is 14.4 Å². The number of nitrogens with one attached hydrogen (secondary N) is 3. The summed E-state index contributed by atoms with van der Waals surface area (Å²) in [6, 6.07) is 5.59. The number of hydrogen-bond donors (Lipinski definition) is 3. The highest BCUT2D eigenvalue weighted by molar-refractivity contribution is 7.15. The number of methoxy groups -OCH3 is 1. The van der Waals surface area contributed by atoms with Gasteiger partial charge < -0.3 is 30.4 Å². The molecule has 0 saturated carbocycles. The minimum Gasteiger partial charge on any atom is -0.497 e. The van der Waals surface area contributed by atoms with E-state index in [1.807, 2.05) is 12.1 Å². The van der Waals surface area contributed by atoms with E-state index in [4.69, 9.17) is 4.74 Å². The van der Waals surface area contributed by atoms with Gasteiger partial charge in [0.1, 0.15) is 18.1 Å². The van der Waals surface area contributed by atoms with Crippen LogP contribution in [0.1, 0.15) is 42.5 Å². The Labute approximate surface area is 232 Å². The Morgan fingerprint density at radius 1 is 1.10 bits per heavy atom. The summed E-state index contributed by atoms with van der Waals surface area (Å²) < 4.78 is 5.20. The molecule has 11 heteroatoms. The Balaban J connectivity index is 1.32. The summed E-state index contributed by atoms with van der Waals surface area (Å²) in [6.07, 6.45) is 9.46. The average molecular weight is 554 g/mol. The van der Waals surface area contributed by atoms with Crippen molar-refractivity contribution in [1.29, 1.82) is 0 Å². The maximum atomic E-state index is 13.2. The molecule has 2 aromatic rings. The Bertz CT molecular complexity index is 1190. The summed E-state index contributed by atoms with van der Waals surface area (Å²) in [5, 5.41) is 9.04. The number of benzene rings is 1. The van der Waals surface area contributed by atoms with Crippen LogP contribution in [0.5, 0.6) is 5.75 Å². The van der Waals surface area contributed by atoms with Crippen molar-refractivity contribution in [2.75, 3.05) is 31.6 Å². The van der Waals surface area contributed by atoms with E-state index in [0.29, 0.717) is 12.2 Å². The molecular weight excluding hydrogens is 518 g/mol. The third-order valence-electron chi connectivity index (χ3n) is 6.81. The molecule has 1 aliphatic heterocycles. The predicted octanol–water partition coefficient (Wildman–Crippen LogP) is 1.93. The van der Waals surface area contributed by atoms with Gasteiger partial charge in [0.25, 0.3) is 0 Å². The third-order valence-corrected chi connectivity index (χ3v) is 7.87. The topological polar surface area (TPSA) is 130 Å². The first-order valence-corrected chi connectivity index (χ1v) is 14.1. The summed E-state index contributed by atoms with van der Waals surface area (Å²) in [5.74, 6) is -0.575. The van der Waals surface area contributed by atoms with Gasteiger partial charge in [-0.15, -0.1) is 11.3 Å². The SMILES string of the molecule is COc1ccc(C[C@H](NC(=O)CNC(=O)Cc2cnc(N3CCC3)s2)C(=O)N[C@H](C=O)CC2=CCCC2)cc1. The van der Waals surface area contributed by atoms with E-state index in [-0.39, 0.29) is 25.3 Å². The normalized spacial score (nSPS) is 15.9. The Morgan fingerprint density at radius 3 is 2.54 bits per heavy atom. The summed E-state index contributed by atoms with van der Waals surface area (Å²) in [7, 11) is 1.57. The number of carbonyl (C=O) groups excluding carboxylic acids is 4. The van der Waals surface area contributed by atoms with Crippen molar-refractivity contribution in [1.82, 2.24) is 20.9 Å². The Hall–Kier alpha value is -3.73. The van der Waals surface area contributed by atoms with Gasteiger partial charge in [-0.1, -0.05) is 23.8 Å². The largest absolute Gasteiger partial charge is 0.497 e. The van der Waals surface area contributed by atoms with E-state index in [2.05, 4.69) is 31.9 Å². The lowest BCUT2D eigenvalue weighted by atomic mass is 10.0. The smallest absolute Gasteiger partial charge is 0.243 e. The molecule has 3 amide bonds. The van der Waals surface area contributed by atoms with Crippen LogP contribution in [0.4, 0.5) is 5.13 Å². The fraction of sp³-hybridized carbons (Fsp3) is 0.464. The molecule has 0 unspecified atom stereocenters. The molecule has 208 valence electrons. The molecule has 10 nitrogen and oxygen atoms in total. The lowest BCUT2D eigenvalue weighted by Crippen LogP contribution is -2.53. The van der Waals surface area contributed by atoms with Crippen molar-refractivity contribution in [2.45, 2.75) is 57.0 Å². The van der Waals surface area contributed by atoms with Gasteiger partial charge >= 0.3 is 0 Å². The number of anilines is 1. The van der Waals surface area contributed by atoms with E-state index >= 15 is 0 Å². The molecule has 1 fully saturated rings. The third kappa shape index (κ3) is 8.38. The second-order valence-electron chi connectivity index (χ2n) is 9.79. The number of ether oxygens (including phenoxy) is 1. The van der Waals surface area contributed by atoms with Crippen LogP contribution in [0.2, 0.25) is 0 Å². The lowest BCUT2D eigenvalue weighted by molar-refractivity contribution is -0.130. The van der Waals surface area contributed by atoms with E-state index in [1.165, 1.54) is 11.3 Å². The molecule has 2 aliphatic rings. The molecule has 0 bridgehead atoms. The number of aldehydes is 1. The van der Waals surface area contributed by atoms with Crippen LogP contribution in [-0.2, 0) is 32.0 Å². The van der Waals surface area contributed by atoms with Crippen molar-refractivity contribution in [2.24, 2.45) is 0 Å². The van der Waals surface area contributed by atoms with Gasteiger partial charge in [-0.2, -0.15) is 0 Å². The molecular formula is C28H35N5O5S. The summed E-state index contributed by atoms with van der Waals surface area (Å²) in [5.41, 5.74) is 1.97. The number of carbonyl (C=O) groups is 4. The molecule has 39 heavy (non-hydrogen) atoms. The molecule has 0 radical (unpaired) electrons. The highest BCUT2D eigenvalue weighted by Gasteiger charge is 2.25. The number of allylic oxidation sites excluding steroid dienone is 1. The van der Waals surface area contributed by atoms with Crippen LogP contribution in [0, 0.1) is 0 Å². The van der Waals surface area contributed by atoms with E-state index < -0.39 is 23.9 Å². The van der Waals surface area contributed by atoms with Crippen LogP contribution < -0.4 is 25.6 Å². The zero-order valence-electron chi connectivity index (χ0n) is 22.1. The minimum atomic E-state index is -0.927. The number of thiazole rings is 1. The fourth-order valence-electron chi connectivity index (χ4n) is 4.51. The first-order valence-electron chi connectivity index (χ1n) is 13.3. The van der Waals surface area contributed by atoms with E-state index in [9.17, 15) is 19.2 Å². The minimum absolute atomic E-state index is 0.130. The molecule has 1 aliphatic carbocycles. The summed E-state index contributed by atoms with van der Waals surface area (Å²) in [6.45, 7) is 1.69. The van der Waals surface area contributed by atoms with Crippen LogP contribution in [0.15, 0.2) is 42.1 Å². The van der Waals surface area contributed by atoms with Crippen molar-refractivity contribution >= 4 is 40.5 Å². The van der Waals surface area contributed by atoms with Crippen molar-refractivity contribution in [3.63, 3.8) is 0 Å². The zero-order chi connectivity index (χ0) is 27.6. The number of amides is 3. The maximum Gasteiger partial charge on any atom is 0.243 e. The van der Waals surface area contributed by atoms with Gasteiger partial charge in [-0.05, 0) is 49.8 Å². The average Bonchev–Trinajstić information content (AvgIpc) is 3.58. The Morgan fingerprint density at radius 2 is 1.90 bits per heavy atom. The summed E-state index contributed by atoms with van der Waals surface area (Å²) >= 11 is 1.48. The molecule has 1 aromatic heterocycles. The van der Waals surface area contributed by atoms with Crippen LogP contribution in [0.25, 0.3) is 0 Å². The van der Waals surface area contributed by atoms with E-state index in [0.717, 1.165) is 66.2 Å². The van der Waals surface area contributed by atoms with Crippen LogP contribution in [0.3, 0.4) is 0 Å². The van der Waals surface area contributed by atoms with Gasteiger partial charge in [-0.25, -0.2) is 4.98 Å². The molecule has 2 heterocycles. The molecule has 0 spiro atoms. The van der Waals surface area contributed by atoms with E-state index in [1.54, 1.807) is 25.4 Å². The number of rotatable bonds is 14. The van der Waals surface area contributed by atoms with Crippen molar-refractivity contribution in [3.8, 4) is 5.75 Å². The summed E-state index contributed by atoms with van der Waals surface area (Å²) in [4.78, 5) is 57.4. The van der Waals surface area contributed by atoms with Gasteiger partial charge in [0.05, 0.1) is 26.1 Å². The van der Waals surface area contributed by atoms with Crippen molar-refractivity contribution in [3.05, 3.63) is 52.6 Å². The molecule has 1 saturated heterocycles. The molecule has 3 N–H and O–H groups in total. The predicted molar refractivity (Wildman–Crippen MR) is 149 cm³/mol. The first-order chi connectivity index (χ1) is 18.9. The van der Waals surface area contributed by atoms with Crippen LogP contribution >= 0.6 is 11.3 Å².